The third-order valence-electron chi connectivity index (χ3n) is 5.37. The van der Waals surface area contributed by atoms with Gasteiger partial charge in [-0.3, -0.25) is 0 Å². The number of esters is 2. The number of carboxylic acids is 1. The van der Waals surface area contributed by atoms with Crippen LogP contribution in [-0.2, 0) is 31.5 Å². The molecule has 0 aliphatic carbocycles. The highest BCUT2D eigenvalue weighted by atomic mass is 16.7. The molecule has 0 radical (unpaired) electrons. The molecular formula is C27H21O8-. The Morgan fingerprint density at radius 1 is 0.943 bits per heavy atom. The Balaban J connectivity index is 1.51. The number of hydrogen-bond donors (Lipinski definition) is 0. The van der Waals surface area contributed by atoms with E-state index >= 15 is 0 Å². The van der Waals surface area contributed by atoms with Crippen molar-refractivity contribution in [1.29, 1.82) is 0 Å². The van der Waals surface area contributed by atoms with Crippen molar-refractivity contribution in [1.82, 2.24) is 0 Å². The Hall–Kier alpha value is -4.59. The van der Waals surface area contributed by atoms with Crippen LogP contribution in [0.15, 0.2) is 78.4 Å². The summed E-state index contributed by atoms with van der Waals surface area (Å²) in [6, 6.07) is 19.8. The number of carbonyl (C=O) groups is 3. The van der Waals surface area contributed by atoms with Gasteiger partial charge in [-0.25, -0.2) is 9.59 Å². The molecule has 4 rings (SSSR count). The minimum absolute atomic E-state index is 0.0506. The maximum Gasteiger partial charge on any atom is 0.349 e. The standard InChI is InChI=1S/C27H22O8/c1-27(20-9-4-3-5-10-20)34-25(30)21(26(31)35-27)14-17-11-12-22(23(15-17)32-2)33-16-18-7-6-8-19(13-18)24(28)29/h3-15H,16H2,1-2H3,(H,28,29)/p-1. The lowest BCUT2D eigenvalue weighted by molar-refractivity contribution is -0.255. The number of aromatic carboxylic acids is 1. The molecule has 0 aromatic heterocycles. The summed E-state index contributed by atoms with van der Waals surface area (Å²) >= 11 is 0. The fourth-order valence-corrected chi connectivity index (χ4v) is 3.55. The van der Waals surface area contributed by atoms with Gasteiger partial charge in [0, 0.05) is 12.5 Å². The van der Waals surface area contributed by atoms with Gasteiger partial charge in [0.25, 0.3) is 5.79 Å². The fourth-order valence-electron chi connectivity index (χ4n) is 3.55. The van der Waals surface area contributed by atoms with E-state index in [1.807, 2.05) is 0 Å². The first-order valence-electron chi connectivity index (χ1n) is 10.6. The summed E-state index contributed by atoms with van der Waals surface area (Å²) in [6.07, 6.45) is 1.35. The molecule has 0 atom stereocenters. The van der Waals surface area contributed by atoms with Gasteiger partial charge in [-0.2, -0.15) is 0 Å². The van der Waals surface area contributed by atoms with Gasteiger partial charge in [0.2, 0.25) is 0 Å². The van der Waals surface area contributed by atoms with Gasteiger partial charge in [-0.05, 0) is 41.0 Å². The Morgan fingerprint density at radius 2 is 1.66 bits per heavy atom. The second-order valence-corrected chi connectivity index (χ2v) is 7.84. The molecule has 8 heteroatoms. The zero-order valence-corrected chi connectivity index (χ0v) is 19.0. The zero-order valence-electron chi connectivity index (χ0n) is 19.0. The summed E-state index contributed by atoms with van der Waals surface area (Å²) in [5, 5.41) is 11.0. The first-order valence-corrected chi connectivity index (χ1v) is 10.6. The van der Waals surface area contributed by atoms with Crippen molar-refractivity contribution in [3.8, 4) is 11.5 Å². The average Bonchev–Trinajstić information content (AvgIpc) is 2.86. The number of benzene rings is 3. The van der Waals surface area contributed by atoms with Gasteiger partial charge in [0.15, 0.2) is 11.5 Å². The fraction of sp³-hybridized carbons (Fsp3) is 0.148. The molecule has 1 aliphatic rings. The monoisotopic (exact) mass is 473 g/mol. The number of ether oxygens (including phenoxy) is 4. The van der Waals surface area contributed by atoms with Crippen LogP contribution >= 0.6 is 0 Å². The maximum atomic E-state index is 12.7. The third kappa shape index (κ3) is 5.16. The van der Waals surface area contributed by atoms with Crippen LogP contribution in [0.25, 0.3) is 6.08 Å². The van der Waals surface area contributed by atoms with Crippen LogP contribution in [-0.4, -0.2) is 25.0 Å². The molecule has 3 aromatic rings. The van der Waals surface area contributed by atoms with Gasteiger partial charge in [0.05, 0.1) is 13.1 Å². The zero-order chi connectivity index (χ0) is 25.0. The average molecular weight is 473 g/mol. The molecule has 1 fully saturated rings. The van der Waals surface area contributed by atoms with Crippen LogP contribution in [0.2, 0.25) is 0 Å². The predicted octanol–water partition coefficient (Wildman–Crippen LogP) is 2.99. The molecule has 178 valence electrons. The summed E-state index contributed by atoms with van der Waals surface area (Å²) in [6.45, 7) is 1.60. The van der Waals surface area contributed by atoms with Gasteiger partial charge in [-0.1, -0.05) is 54.6 Å². The van der Waals surface area contributed by atoms with E-state index in [0.717, 1.165) is 0 Å². The molecule has 1 heterocycles. The lowest BCUT2D eigenvalue weighted by Crippen LogP contribution is -2.42. The molecule has 1 saturated heterocycles. The topological polar surface area (TPSA) is 111 Å². The van der Waals surface area contributed by atoms with Crippen molar-refractivity contribution in [2.75, 3.05) is 7.11 Å². The molecule has 0 bridgehead atoms. The van der Waals surface area contributed by atoms with Crippen LogP contribution in [0.1, 0.15) is 34.0 Å². The molecule has 0 amide bonds. The highest BCUT2D eigenvalue weighted by Crippen LogP contribution is 2.35. The largest absolute Gasteiger partial charge is 0.545 e. The molecule has 0 unspecified atom stereocenters. The lowest BCUT2D eigenvalue weighted by atomic mass is 10.0. The van der Waals surface area contributed by atoms with E-state index in [4.69, 9.17) is 18.9 Å². The molecule has 0 spiro atoms. The van der Waals surface area contributed by atoms with E-state index in [2.05, 4.69) is 0 Å². The van der Waals surface area contributed by atoms with Gasteiger partial charge >= 0.3 is 11.9 Å². The number of hydrogen-bond acceptors (Lipinski definition) is 8. The predicted molar refractivity (Wildman–Crippen MR) is 122 cm³/mol. The van der Waals surface area contributed by atoms with Crippen molar-refractivity contribution in [2.24, 2.45) is 0 Å². The number of carboxylic acid groups (broad SMARTS) is 1. The van der Waals surface area contributed by atoms with Crippen LogP contribution in [0, 0.1) is 0 Å². The first kappa shape index (κ1) is 23.6. The molecule has 3 aromatic carbocycles. The SMILES string of the molecule is COc1cc(C=C2C(=O)OC(C)(c3ccccc3)OC2=O)ccc1OCc1cccc(C(=O)[O-])c1. The summed E-state index contributed by atoms with van der Waals surface area (Å²) in [4.78, 5) is 36.4. The molecule has 0 N–H and O–H groups in total. The van der Waals surface area contributed by atoms with Crippen LogP contribution in [0.3, 0.4) is 0 Å². The highest BCUT2D eigenvalue weighted by Gasteiger charge is 2.43. The van der Waals surface area contributed by atoms with E-state index in [9.17, 15) is 19.5 Å². The van der Waals surface area contributed by atoms with Crippen LogP contribution in [0.5, 0.6) is 11.5 Å². The molecule has 1 aliphatic heterocycles. The van der Waals surface area contributed by atoms with Gasteiger partial charge in [-0.15, -0.1) is 0 Å². The minimum Gasteiger partial charge on any atom is -0.545 e. The van der Waals surface area contributed by atoms with E-state index in [0.29, 0.717) is 28.2 Å². The third-order valence-corrected chi connectivity index (χ3v) is 5.37. The summed E-state index contributed by atoms with van der Waals surface area (Å²) in [5.41, 5.74) is 1.45. The smallest absolute Gasteiger partial charge is 0.349 e. The quantitative estimate of drug-likeness (QED) is 0.293. The Kier molecular flexibility index (Phi) is 6.55. The van der Waals surface area contributed by atoms with Crippen molar-refractivity contribution in [3.63, 3.8) is 0 Å². The van der Waals surface area contributed by atoms with Gasteiger partial charge < -0.3 is 28.8 Å². The number of methoxy groups -OCH3 is 1. The Bertz CT molecular complexity index is 1290. The van der Waals surface area contributed by atoms with Crippen molar-refractivity contribution >= 4 is 24.0 Å². The van der Waals surface area contributed by atoms with Crippen LogP contribution in [0.4, 0.5) is 0 Å². The molecule has 0 saturated carbocycles. The maximum absolute atomic E-state index is 12.7. The van der Waals surface area contributed by atoms with Crippen molar-refractivity contribution in [2.45, 2.75) is 19.3 Å². The Morgan fingerprint density at radius 3 is 2.31 bits per heavy atom. The van der Waals surface area contributed by atoms with Crippen molar-refractivity contribution < 1.29 is 38.4 Å². The molecule has 35 heavy (non-hydrogen) atoms. The second kappa shape index (κ2) is 9.72. The summed E-state index contributed by atoms with van der Waals surface area (Å²) in [5.74, 6) is -3.66. The van der Waals surface area contributed by atoms with E-state index in [1.54, 1.807) is 60.7 Å². The van der Waals surface area contributed by atoms with Crippen LogP contribution < -0.4 is 14.6 Å². The highest BCUT2D eigenvalue weighted by molar-refractivity contribution is 6.18. The van der Waals surface area contributed by atoms with E-state index < -0.39 is 23.7 Å². The molecule has 8 nitrogen and oxygen atoms in total. The van der Waals surface area contributed by atoms with Gasteiger partial charge in [0.1, 0.15) is 12.2 Å². The lowest BCUT2D eigenvalue weighted by Gasteiger charge is -2.33. The minimum atomic E-state index is -1.52. The first-order chi connectivity index (χ1) is 16.8. The summed E-state index contributed by atoms with van der Waals surface area (Å²) < 4.78 is 22.1. The number of carbonyl (C=O) groups excluding carboxylic acids is 3. The summed E-state index contributed by atoms with van der Waals surface area (Å²) in [7, 11) is 1.45. The Labute approximate surface area is 201 Å². The number of cyclic esters (lactones) is 2. The van der Waals surface area contributed by atoms with Crippen molar-refractivity contribution in [3.05, 3.63) is 101 Å². The van der Waals surface area contributed by atoms with E-state index in [1.165, 1.54) is 32.2 Å². The number of rotatable bonds is 7. The van der Waals surface area contributed by atoms with E-state index in [-0.39, 0.29) is 17.7 Å². The molecular weight excluding hydrogens is 452 g/mol. The second-order valence-electron chi connectivity index (χ2n) is 7.84. The normalized spacial score (nSPS) is 17.3.